The molecular formula is C12H18N2OS. The molecule has 0 radical (unpaired) electrons. The molecule has 0 spiro atoms. The third-order valence-electron chi connectivity index (χ3n) is 3.04. The first-order valence-electron chi connectivity index (χ1n) is 5.81. The van der Waals surface area contributed by atoms with E-state index < -0.39 is 0 Å². The number of aryl methyl sites for hydroxylation is 2. The van der Waals surface area contributed by atoms with E-state index in [-0.39, 0.29) is 5.91 Å². The number of amides is 1. The van der Waals surface area contributed by atoms with Gasteiger partial charge in [-0.15, -0.1) is 11.3 Å². The van der Waals surface area contributed by atoms with Crippen LogP contribution in [-0.2, 0) is 0 Å². The SMILES string of the molecule is Cc1nc(C)c(C(=O)N2CCCC(C)C2)s1. The van der Waals surface area contributed by atoms with Crippen LogP contribution in [0.25, 0.3) is 0 Å². The summed E-state index contributed by atoms with van der Waals surface area (Å²) in [4.78, 5) is 19.4. The average molecular weight is 238 g/mol. The lowest BCUT2D eigenvalue weighted by Gasteiger charge is -2.30. The topological polar surface area (TPSA) is 33.2 Å². The molecule has 0 N–H and O–H groups in total. The molecule has 0 aromatic carbocycles. The lowest BCUT2D eigenvalue weighted by molar-refractivity contribution is 0.0687. The fraction of sp³-hybridized carbons (Fsp3) is 0.667. The highest BCUT2D eigenvalue weighted by Gasteiger charge is 2.24. The van der Waals surface area contributed by atoms with Crippen molar-refractivity contribution in [3.05, 3.63) is 15.6 Å². The van der Waals surface area contributed by atoms with Gasteiger partial charge in [-0.3, -0.25) is 4.79 Å². The van der Waals surface area contributed by atoms with Gasteiger partial charge >= 0.3 is 0 Å². The molecule has 1 aromatic heterocycles. The predicted octanol–water partition coefficient (Wildman–Crippen LogP) is 2.63. The van der Waals surface area contributed by atoms with E-state index in [1.807, 2.05) is 18.7 Å². The maximum absolute atomic E-state index is 12.3. The average Bonchev–Trinajstić information content (AvgIpc) is 2.57. The zero-order valence-electron chi connectivity index (χ0n) is 10.1. The molecule has 1 aliphatic heterocycles. The molecule has 0 aliphatic carbocycles. The van der Waals surface area contributed by atoms with Gasteiger partial charge in [0.05, 0.1) is 10.7 Å². The van der Waals surface area contributed by atoms with E-state index >= 15 is 0 Å². The summed E-state index contributed by atoms with van der Waals surface area (Å²) in [6.45, 7) is 7.89. The number of likely N-dealkylation sites (tertiary alicyclic amines) is 1. The lowest BCUT2D eigenvalue weighted by atomic mass is 10.0. The minimum absolute atomic E-state index is 0.176. The van der Waals surface area contributed by atoms with Gasteiger partial charge in [-0.25, -0.2) is 4.98 Å². The highest BCUT2D eigenvalue weighted by Crippen LogP contribution is 2.23. The zero-order chi connectivity index (χ0) is 11.7. The summed E-state index contributed by atoms with van der Waals surface area (Å²) < 4.78 is 0. The van der Waals surface area contributed by atoms with Crippen molar-refractivity contribution in [3.63, 3.8) is 0 Å². The summed E-state index contributed by atoms with van der Waals surface area (Å²) >= 11 is 1.52. The molecule has 16 heavy (non-hydrogen) atoms. The molecule has 2 heterocycles. The van der Waals surface area contributed by atoms with E-state index in [0.29, 0.717) is 5.92 Å². The van der Waals surface area contributed by atoms with Crippen molar-refractivity contribution in [2.75, 3.05) is 13.1 Å². The molecular weight excluding hydrogens is 220 g/mol. The molecule has 1 atom stereocenters. The molecule has 1 aromatic rings. The summed E-state index contributed by atoms with van der Waals surface area (Å²) in [6.07, 6.45) is 2.37. The Balaban J connectivity index is 2.15. The van der Waals surface area contributed by atoms with Crippen LogP contribution in [0.1, 0.15) is 40.1 Å². The standard InChI is InChI=1S/C12H18N2OS/c1-8-5-4-6-14(7-8)12(15)11-9(2)13-10(3)16-11/h8H,4-7H2,1-3H3. The van der Waals surface area contributed by atoms with E-state index in [4.69, 9.17) is 0 Å². The van der Waals surface area contributed by atoms with Crippen LogP contribution in [0.15, 0.2) is 0 Å². The van der Waals surface area contributed by atoms with Gasteiger partial charge in [0.1, 0.15) is 4.88 Å². The number of aromatic nitrogens is 1. The smallest absolute Gasteiger partial charge is 0.265 e. The van der Waals surface area contributed by atoms with Crippen LogP contribution in [-0.4, -0.2) is 28.9 Å². The Bertz CT molecular complexity index is 400. The first kappa shape index (κ1) is 11.6. The van der Waals surface area contributed by atoms with Crippen molar-refractivity contribution >= 4 is 17.2 Å². The van der Waals surface area contributed by atoms with Crippen molar-refractivity contribution in [1.82, 2.24) is 9.88 Å². The quantitative estimate of drug-likeness (QED) is 0.753. The number of carbonyl (C=O) groups is 1. The summed E-state index contributed by atoms with van der Waals surface area (Å²) in [5.74, 6) is 0.807. The van der Waals surface area contributed by atoms with Crippen LogP contribution in [0.3, 0.4) is 0 Å². The maximum atomic E-state index is 12.3. The second-order valence-corrected chi connectivity index (χ2v) is 5.85. The van der Waals surface area contributed by atoms with Crippen molar-refractivity contribution in [2.24, 2.45) is 5.92 Å². The highest BCUT2D eigenvalue weighted by molar-refractivity contribution is 7.13. The molecule has 88 valence electrons. The third-order valence-corrected chi connectivity index (χ3v) is 4.10. The monoisotopic (exact) mass is 238 g/mol. The Labute approximate surface area is 100 Å². The normalized spacial score (nSPS) is 21.2. The summed E-state index contributed by atoms with van der Waals surface area (Å²) in [6, 6.07) is 0. The number of rotatable bonds is 1. The van der Waals surface area contributed by atoms with Gasteiger partial charge in [-0.05, 0) is 32.6 Å². The van der Waals surface area contributed by atoms with Gasteiger partial charge in [0.25, 0.3) is 5.91 Å². The van der Waals surface area contributed by atoms with Gasteiger partial charge < -0.3 is 4.90 Å². The fourth-order valence-electron chi connectivity index (χ4n) is 2.25. The number of piperidine rings is 1. The minimum atomic E-state index is 0.176. The van der Waals surface area contributed by atoms with Crippen molar-refractivity contribution < 1.29 is 4.79 Å². The van der Waals surface area contributed by atoms with Crippen LogP contribution in [0, 0.1) is 19.8 Å². The van der Waals surface area contributed by atoms with Crippen LogP contribution < -0.4 is 0 Å². The van der Waals surface area contributed by atoms with E-state index in [1.165, 1.54) is 17.8 Å². The van der Waals surface area contributed by atoms with Crippen molar-refractivity contribution in [1.29, 1.82) is 0 Å². The number of carbonyl (C=O) groups excluding carboxylic acids is 1. The molecule has 1 saturated heterocycles. The third kappa shape index (κ3) is 2.26. The highest BCUT2D eigenvalue weighted by atomic mass is 32.1. The molecule has 1 aliphatic rings. The van der Waals surface area contributed by atoms with E-state index in [0.717, 1.165) is 35.1 Å². The zero-order valence-corrected chi connectivity index (χ0v) is 10.9. The van der Waals surface area contributed by atoms with Gasteiger partial charge in [0, 0.05) is 13.1 Å². The first-order chi connectivity index (χ1) is 7.58. The van der Waals surface area contributed by atoms with E-state index in [2.05, 4.69) is 11.9 Å². The molecule has 0 saturated carbocycles. The molecule has 1 amide bonds. The Hall–Kier alpha value is -0.900. The molecule has 1 unspecified atom stereocenters. The molecule has 0 bridgehead atoms. The van der Waals surface area contributed by atoms with Crippen molar-refractivity contribution in [2.45, 2.75) is 33.6 Å². The van der Waals surface area contributed by atoms with Crippen LogP contribution >= 0.6 is 11.3 Å². The van der Waals surface area contributed by atoms with Crippen molar-refractivity contribution in [3.8, 4) is 0 Å². The number of nitrogens with zero attached hydrogens (tertiary/aromatic N) is 2. The second kappa shape index (κ2) is 4.53. The molecule has 1 fully saturated rings. The maximum Gasteiger partial charge on any atom is 0.265 e. The van der Waals surface area contributed by atoms with Gasteiger partial charge in [-0.2, -0.15) is 0 Å². The molecule has 3 nitrogen and oxygen atoms in total. The lowest BCUT2D eigenvalue weighted by Crippen LogP contribution is -2.39. The van der Waals surface area contributed by atoms with Gasteiger partial charge in [0.15, 0.2) is 0 Å². The Morgan fingerprint density at radius 3 is 2.81 bits per heavy atom. The Morgan fingerprint density at radius 2 is 2.25 bits per heavy atom. The summed E-state index contributed by atoms with van der Waals surface area (Å²) in [5, 5.41) is 0.978. The number of hydrogen-bond donors (Lipinski definition) is 0. The summed E-state index contributed by atoms with van der Waals surface area (Å²) in [5.41, 5.74) is 0.880. The van der Waals surface area contributed by atoms with Crippen LogP contribution in [0.4, 0.5) is 0 Å². The van der Waals surface area contributed by atoms with Crippen LogP contribution in [0.5, 0.6) is 0 Å². The Morgan fingerprint density at radius 1 is 1.50 bits per heavy atom. The first-order valence-corrected chi connectivity index (χ1v) is 6.63. The van der Waals surface area contributed by atoms with Gasteiger partial charge in [0.2, 0.25) is 0 Å². The predicted molar refractivity (Wildman–Crippen MR) is 65.9 cm³/mol. The van der Waals surface area contributed by atoms with E-state index in [1.54, 1.807) is 0 Å². The molecule has 4 heteroatoms. The largest absolute Gasteiger partial charge is 0.338 e. The second-order valence-electron chi connectivity index (χ2n) is 4.65. The number of hydrogen-bond acceptors (Lipinski definition) is 3. The summed E-state index contributed by atoms with van der Waals surface area (Å²) in [7, 11) is 0. The minimum Gasteiger partial charge on any atom is -0.338 e. The fourth-order valence-corrected chi connectivity index (χ4v) is 3.13. The Kier molecular flexibility index (Phi) is 3.28. The van der Waals surface area contributed by atoms with Gasteiger partial charge in [-0.1, -0.05) is 6.92 Å². The molecule has 2 rings (SSSR count). The number of thiazole rings is 1. The van der Waals surface area contributed by atoms with Crippen LogP contribution in [0.2, 0.25) is 0 Å². The van der Waals surface area contributed by atoms with E-state index in [9.17, 15) is 4.79 Å².